The van der Waals surface area contributed by atoms with Gasteiger partial charge in [-0.3, -0.25) is 0 Å². The molecule has 0 saturated heterocycles. The van der Waals surface area contributed by atoms with E-state index >= 15 is 0 Å². The maximum absolute atomic E-state index is 11.5. The van der Waals surface area contributed by atoms with Crippen molar-refractivity contribution in [2.45, 2.75) is 13.3 Å². The Kier molecular flexibility index (Phi) is 4.99. The second-order valence-electron chi connectivity index (χ2n) is 5.78. The number of hydrogen-bond donors (Lipinski definition) is 2. The van der Waals surface area contributed by atoms with Crippen LogP contribution in [-0.4, -0.2) is 11.1 Å². The van der Waals surface area contributed by atoms with E-state index in [1.54, 1.807) is 30.3 Å². The molecule has 0 aliphatic heterocycles. The Bertz CT molecular complexity index is 1040. The number of anilines is 2. The van der Waals surface area contributed by atoms with E-state index in [0.29, 0.717) is 27.6 Å². The number of fused-ring (bicyclic) bond motifs is 1. The molecule has 3 rings (SSSR count). The first kappa shape index (κ1) is 17.6. The van der Waals surface area contributed by atoms with E-state index < -0.39 is 11.6 Å². The monoisotopic (exact) mass is 367 g/mol. The lowest BCUT2D eigenvalue weighted by atomic mass is 10.1. The maximum atomic E-state index is 11.5. The molecule has 0 atom stereocenters. The van der Waals surface area contributed by atoms with Crippen molar-refractivity contribution >= 4 is 45.6 Å². The highest BCUT2D eigenvalue weighted by Gasteiger charge is 2.05. The zero-order valence-electron chi connectivity index (χ0n) is 13.9. The number of aryl methyl sites for hydroxylation is 1. The highest BCUT2D eigenvalue weighted by atomic mass is 32.1. The summed E-state index contributed by atoms with van der Waals surface area (Å²) < 4.78 is 5.22. The highest BCUT2D eigenvalue weighted by Crippen LogP contribution is 2.21. The zero-order valence-corrected chi connectivity index (χ0v) is 14.7. The van der Waals surface area contributed by atoms with Crippen molar-refractivity contribution in [3.63, 3.8) is 0 Å². The fraction of sp³-hybridized carbons (Fsp3) is 0.105. The van der Waals surface area contributed by atoms with E-state index in [1.807, 2.05) is 19.1 Å². The molecule has 3 aromatic rings. The Labute approximate surface area is 154 Å². The fourth-order valence-electron chi connectivity index (χ4n) is 2.57. The molecule has 1 heterocycles. The first-order valence-electron chi connectivity index (χ1n) is 7.82. The predicted octanol–water partition coefficient (Wildman–Crippen LogP) is 2.20. The molecule has 0 aliphatic carbocycles. The molecule has 2 aromatic carbocycles. The first-order chi connectivity index (χ1) is 12.4. The number of nitrogens with one attached hydrogen (secondary N) is 2. The minimum Gasteiger partial charge on any atom is -0.550 e. The van der Waals surface area contributed by atoms with Crippen LogP contribution in [0.2, 0.25) is 0 Å². The van der Waals surface area contributed by atoms with Gasteiger partial charge in [-0.2, -0.15) is 0 Å². The number of carbonyl (C=O) groups is 1. The molecule has 0 aliphatic rings. The Balaban J connectivity index is 1.70. The van der Waals surface area contributed by atoms with Crippen LogP contribution in [-0.2, 0) is 11.2 Å². The molecule has 6 nitrogen and oxygen atoms in total. The van der Waals surface area contributed by atoms with E-state index in [1.165, 1.54) is 6.07 Å². The minimum atomic E-state index is -1.12. The topological polar surface area (TPSA) is 94.4 Å². The molecule has 0 spiro atoms. The van der Waals surface area contributed by atoms with Gasteiger partial charge in [0.2, 0.25) is 0 Å². The van der Waals surface area contributed by atoms with Gasteiger partial charge >= 0.3 is 5.63 Å². The molecule has 0 radical (unpaired) electrons. The Morgan fingerprint density at radius 2 is 1.73 bits per heavy atom. The summed E-state index contributed by atoms with van der Waals surface area (Å²) in [5.41, 5.74) is 2.97. The summed E-state index contributed by atoms with van der Waals surface area (Å²) in [6, 6.07) is 13.7. The number of carbonyl (C=O) groups excluding carboxylic acids is 1. The lowest BCUT2D eigenvalue weighted by Gasteiger charge is -2.12. The third kappa shape index (κ3) is 4.25. The SMILES string of the molecule is Cc1cc(=O)oc2cc(NC(=S)Nc3ccc(CC(=O)[O-])cc3)ccc12. The molecule has 132 valence electrons. The first-order valence-corrected chi connectivity index (χ1v) is 8.23. The molecular weight excluding hydrogens is 352 g/mol. The number of aliphatic carboxylic acids is 1. The van der Waals surface area contributed by atoms with Gasteiger partial charge in [-0.05, 0) is 54.5 Å². The Morgan fingerprint density at radius 3 is 2.42 bits per heavy atom. The maximum Gasteiger partial charge on any atom is 0.336 e. The van der Waals surface area contributed by atoms with Crippen molar-refractivity contribution in [1.82, 2.24) is 0 Å². The van der Waals surface area contributed by atoms with Gasteiger partial charge in [0.1, 0.15) is 5.58 Å². The molecule has 0 fully saturated rings. The van der Waals surface area contributed by atoms with Crippen molar-refractivity contribution in [1.29, 1.82) is 0 Å². The van der Waals surface area contributed by atoms with Crippen LogP contribution in [0.15, 0.2) is 57.7 Å². The molecule has 7 heteroatoms. The van der Waals surface area contributed by atoms with Crippen LogP contribution in [0.4, 0.5) is 11.4 Å². The molecule has 2 N–H and O–H groups in total. The molecule has 1 aromatic heterocycles. The van der Waals surface area contributed by atoms with Gasteiger partial charge in [0, 0.05) is 41.3 Å². The summed E-state index contributed by atoms with van der Waals surface area (Å²) in [5, 5.41) is 17.8. The number of hydrogen-bond acceptors (Lipinski definition) is 5. The molecule has 26 heavy (non-hydrogen) atoms. The average Bonchev–Trinajstić information content (AvgIpc) is 2.55. The lowest BCUT2D eigenvalue weighted by molar-refractivity contribution is -0.304. The van der Waals surface area contributed by atoms with E-state index in [-0.39, 0.29) is 6.42 Å². The van der Waals surface area contributed by atoms with Gasteiger partial charge in [0.05, 0.1) is 0 Å². The predicted molar refractivity (Wildman–Crippen MR) is 102 cm³/mol. The summed E-state index contributed by atoms with van der Waals surface area (Å²) in [4.78, 5) is 22.1. The number of carboxylic acid groups (broad SMARTS) is 1. The van der Waals surface area contributed by atoms with Crippen LogP contribution in [0.25, 0.3) is 11.0 Å². The Morgan fingerprint density at radius 1 is 1.08 bits per heavy atom. The fourth-order valence-corrected chi connectivity index (χ4v) is 2.80. The molecular formula is C19H15N2O4S-. The van der Waals surface area contributed by atoms with Crippen molar-refractivity contribution in [3.05, 3.63) is 70.1 Å². The quantitative estimate of drug-likeness (QED) is 0.539. The lowest BCUT2D eigenvalue weighted by Crippen LogP contribution is -2.24. The van der Waals surface area contributed by atoms with Crippen molar-refractivity contribution in [2.75, 3.05) is 10.6 Å². The van der Waals surface area contributed by atoms with E-state index in [9.17, 15) is 14.7 Å². The number of rotatable bonds is 4. The number of benzene rings is 2. The number of thiocarbonyl (C=S) groups is 1. The zero-order chi connectivity index (χ0) is 18.7. The van der Waals surface area contributed by atoms with Crippen molar-refractivity contribution < 1.29 is 14.3 Å². The minimum absolute atomic E-state index is 0.134. The van der Waals surface area contributed by atoms with Crippen LogP contribution in [0.3, 0.4) is 0 Å². The van der Waals surface area contributed by atoms with Gasteiger partial charge in [-0.15, -0.1) is 0 Å². The van der Waals surface area contributed by atoms with Crippen LogP contribution < -0.4 is 21.4 Å². The Hall–Kier alpha value is -3.19. The van der Waals surface area contributed by atoms with Crippen LogP contribution >= 0.6 is 12.2 Å². The summed E-state index contributed by atoms with van der Waals surface area (Å²) in [6.45, 7) is 1.85. The van der Waals surface area contributed by atoms with Gasteiger partial charge in [-0.25, -0.2) is 4.79 Å². The third-order valence-corrected chi connectivity index (χ3v) is 3.97. The number of carboxylic acids is 1. The van der Waals surface area contributed by atoms with Crippen LogP contribution in [0, 0.1) is 6.92 Å². The van der Waals surface area contributed by atoms with Gasteiger partial charge in [-0.1, -0.05) is 12.1 Å². The van der Waals surface area contributed by atoms with Gasteiger partial charge < -0.3 is 25.0 Å². The summed E-state index contributed by atoms with van der Waals surface area (Å²) in [6.07, 6.45) is -0.134. The summed E-state index contributed by atoms with van der Waals surface area (Å²) >= 11 is 5.28. The normalized spacial score (nSPS) is 10.5. The third-order valence-electron chi connectivity index (χ3n) is 3.77. The molecule has 0 saturated carbocycles. The molecule has 0 unspecified atom stereocenters. The summed E-state index contributed by atoms with van der Waals surface area (Å²) in [7, 11) is 0. The van der Waals surface area contributed by atoms with Crippen LogP contribution in [0.5, 0.6) is 0 Å². The largest absolute Gasteiger partial charge is 0.550 e. The second kappa shape index (κ2) is 7.37. The summed E-state index contributed by atoms with van der Waals surface area (Å²) in [5.74, 6) is -1.12. The second-order valence-corrected chi connectivity index (χ2v) is 6.19. The van der Waals surface area contributed by atoms with Gasteiger partial charge in [0.15, 0.2) is 5.11 Å². The average molecular weight is 367 g/mol. The van der Waals surface area contributed by atoms with Crippen LogP contribution in [0.1, 0.15) is 11.1 Å². The van der Waals surface area contributed by atoms with E-state index in [0.717, 1.165) is 10.9 Å². The highest BCUT2D eigenvalue weighted by molar-refractivity contribution is 7.80. The van der Waals surface area contributed by atoms with E-state index in [2.05, 4.69) is 10.6 Å². The van der Waals surface area contributed by atoms with Crippen molar-refractivity contribution in [3.8, 4) is 0 Å². The molecule has 0 bridgehead atoms. The molecule has 0 amide bonds. The standard InChI is InChI=1S/C19H16N2O4S/c1-11-8-18(24)25-16-10-14(6-7-15(11)16)21-19(26)20-13-4-2-12(3-5-13)9-17(22)23/h2-8,10H,9H2,1H3,(H,22,23)(H2,20,21,26)/p-1. The van der Waals surface area contributed by atoms with Crippen molar-refractivity contribution in [2.24, 2.45) is 0 Å². The van der Waals surface area contributed by atoms with Gasteiger partial charge in [0.25, 0.3) is 0 Å². The smallest absolute Gasteiger partial charge is 0.336 e. The van der Waals surface area contributed by atoms with E-state index in [4.69, 9.17) is 16.6 Å².